The highest BCUT2D eigenvalue weighted by Gasteiger charge is 2.30. The third kappa shape index (κ3) is 4.21. The van der Waals surface area contributed by atoms with Crippen molar-refractivity contribution in [2.45, 2.75) is 18.8 Å². The second-order valence-electron chi connectivity index (χ2n) is 6.17. The van der Waals surface area contributed by atoms with Crippen LogP contribution >= 0.6 is 0 Å². The third-order valence-corrected chi connectivity index (χ3v) is 6.30. The number of ether oxygens (including phenoxy) is 2. The van der Waals surface area contributed by atoms with Crippen LogP contribution in [-0.4, -0.2) is 39.5 Å². The van der Waals surface area contributed by atoms with Gasteiger partial charge in [-0.3, -0.25) is 0 Å². The van der Waals surface area contributed by atoms with Gasteiger partial charge in [0.05, 0.1) is 25.6 Å². The average molecular weight is 361 g/mol. The van der Waals surface area contributed by atoms with Crippen LogP contribution in [0, 0.1) is 6.92 Å². The van der Waals surface area contributed by atoms with Gasteiger partial charge in [-0.25, -0.2) is 8.42 Å². The number of morpholine rings is 1. The maximum absolute atomic E-state index is 12.8. The van der Waals surface area contributed by atoms with Crippen molar-refractivity contribution in [2.75, 3.05) is 26.8 Å². The van der Waals surface area contributed by atoms with E-state index in [1.54, 1.807) is 7.11 Å². The lowest BCUT2D eigenvalue weighted by atomic mass is 10.1. The Morgan fingerprint density at radius 1 is 1.16 bits per heavy atom. The van der Waals surface area contributed by atoms with E-state index in [-0.39, 0.29) is 11.9 Å². The first-order valence-corrected chi connectivity index (χ1v) is 9.88. The molecule has 0 saturated carbocycles. The molecule has 134 valence electrons. The van der Waals surface area contributed by atoms with Crippen LogP contribution in [0.15, 0.2) is 48.5 Å². The van der Waals surface area contributed by atoms with E-state index in [1.807, 2.05) is 55.5 Å². The highest BCUT2D eigenvalue weighted by atomic mass is 32.2. The number of methoxy groups -OCH3 is 1. The van der Waals surface area contributed by atoms with Gasteiger partial charge in [-0.1, -0.05) is 36.4 Å². The van der Waals surface area contributed by atoms with Crippen molar-refractivity contribution in [3.8, 4) is 5.75 Å². The molecule has 1 aliphatic heterocycles. The molecule has 0 N–H and O–H groups in total. The van der Waals surface area contributed by atoms with Crippen molar-refractivity contribution < 1.29 is 17.9 Å². The minimum absolute atomic E-state index is 0.0228. The molecule has 5 nitrogen and oxygen atoms in total. The summed E-state index contributed by atoms with van der Waals surface area (Å²) in [5.41, 5.74) is 2.79. The molecule has 1 fully saturated rings. The Bertz CT molecular complexity index is 818. The molecule has 0 amide bonds. The summed E-state index contributed by atoms with van der Waals surface area (Å²) in [4.78, 5) is 0. The second kappa shape index (κ2) is 7.56. The smallest absolute Gasteiger partial charge is 0.218 e. The maximum Gasteiger partial charge on any atom is 0.218 e. The van der Waals surface area contributed by atoms with Crippen molar-refractivity contribution in [3.63, 3.8) is 0 Å². The Balaban J connectivity index is 1.74. The Labute approximate surface area is 149 Å². The Hall–Kier alpha value is -1.89. The quantitative estimate of drug-likeness (QED) is 0.822. The molecule has 2 aromatic carbocycles. The monoisotopic (exact) mass is 361 g/mol. The molecule has 0 spiro atoms. The molecule has 1 unspecified atom stereocenters. The van der Waals surface area contributed by atoms with Crippen molar-refractivity contribution in [3.05, 3.63) is 65.2 Å². The summed E-state index contributed by atoms with van der Waals surface area (Å²) in [6, 6.07) is 15.1. The van der Waals surface area contributed by atoms with E-state index in [0.29, 0.717) is 19.7 Å². The van der Waals surface area contributed by atoms with Gasteiger partial charge in [0.1, 0.15) is 5.75 Å². The number of rotatable bonds is 5. The molecular formula is C19H23NO4S. The van der Waals surface area contributed by atoms with Gasteiger partial charge in [0.15, 0.2) is 0 Å². The zero-order valence-corrected chi connectivity index (χ0v) is 15.3. The van der Waals surface area contributed by atoms with Crippen LogP contribution < -0.4 is 4.74 Å². The SMILES string of the molecule is COc1ccc(C2CN(S(=O)(=O)Cc3ccccc3C)CCO2)cc1. The molecule has 1 saturated heterocycles. The van der Waals surface area contributed by atoms with Gasteiger partial charge in [-0.2, -0.15) is 4.31 Å². The molecule has 0 aliphatic carbocycles. The minimum atomic E-state index is -3.38. The number of aryl methyl sites for hydroxylation is 1. The highest BCUT2D eigenvalue weighted by molar-refractivity contribution is 7.88. The van der Waals surface area contributed by atoms with E-state index < -0.39 is 10.0 Å². The fourth-order valence-electron chi connectivity index (χ4n) is 2.96. The summed E-state index contributed by atoms with van der Waals surface area (Å²) in [5.74, 6) is 0.790. The molecule has 2 aromatic rings. The van der Waals surface area contributed by atoms with E-state index in [4.69, 9.17) is 9.47 Å². The first kappa shape index (κ1) is 17.9. The standard InChI is InChI=1S/C19H23NO4S/c1-15-5-3-4-6-17(15)14-25(21,22)20-11-12-24-19(13-20)16-7-9-18(23-2)10-8-16/h3-10,19H,11-14H2,1-2H3. The molecule has 25 heavy (non-hydrogen) atoms. The molecule has 0 aromatic heterocycles. The predicted molar refractivity (Wildman–Crippen MR) is 97.1 cm³/mol. The Morgan fingerprint density at radius 3 is 2.56 bits per heavy atom. The second-order valence-corrected chi connectivity index (χ2v) is 8.14. The lowest BCUT2D eigenvalue weighted by Crippen LogP contribution is -2.42. The number of hydrogen-bond donors (Lipinski definition) is 0. The van der Waals surface area contributed by atoms with Crippen LogP contribution in [0.1, 0.15) is 22.8 Å². The topological polar surface area (TPSA) is 55.8 Å². The molecule has 3 rings (SSSR count). The largest absolute Gasteiger partial charge is 0.497 e. The van der Waals surface area contributed by atoms with Gasteiger partial charge in [0.2, 0.25) is 10.0 Å². The van der Waals surface area contributed by atoms with Gasteiger partial charge in [-0.05, 0) is 35.7 Å². The van der Waals surface area contributed by atoms with E-state index >= 15 is 0 Å². The van der Waals surface area contributed by atoms with E-state index in [9.17, 15) is 8.42 Å². The Kier molecular flexibility index (Phi) is 5.42. The molecule has 0 radical (unpaired) electrons. The third-order valence-electron chi connectivity index (χ3n) is 4.51. The number of sulfonamides is 1. The van der Waals surface area contributed by atoms with Gasteiger partial charge in [0, 0.05) is 13.1 Å². The molecule has 1 heterocycles. The molecule has 1 aliphatic rings. The van der Waals surface area contributed by atoms with Crippen LogP contribution in [0.3, 0.4) is 0 Å². The van der Waals surface area contributed by atoms with Crippen LogP contribution in [0.25, 0.3) is 0 Å². The zero-order chi connectivity index (χ0) is 17.9. The van der Waals surface area contributed by atoms with Gasteiger partial charge in [-0.15, -0.1) is 0 Å². The maximum atomic E-state index is 12.8. The fourth-order valence-corrected chi connectivity index (χ4v) is 4.57. The fraction of sp³-hybridized carbons (Fsp3) is 0.368. The van der Waals surface area contributed by atoms with Gasteiger partial charge in [0.25, 0.3) is 0 Å². The minimum Gasteiger partial charge on any atom is -0.497 e. The van der Waals surface area contributed by atoms with E-state index in [0.717, 1.165) is 22.4 Å². The van der Waals surface area contributed by atoms with Crippen LogP contribution in [0.5, 0.6) is 5.75 Å². The summed E-state index contributed by atoms with van der Waals surface area (Å²) in [6.45, 7) is 3.05. The van der Waals surface area contributed by atoms with Gasteiger partial charge >= 0.3 is 0 Å². The molecular weight excluding hydrogens is 338 g/mol. The molecule has 0 bridgehead atoms. The average Bonchev–Trinajstić information content (AvgIpc) is 2.64. The lowest BCUT2D eigenvalue weighted by molar-refractivity contribution is -0.00262. The van der Waals surface area contributed by atoms with Crippen LogP contribution in [-0.2, 0) is 20.5 Å². The van der Waals surface area contributed by atoms with Crippen LogP contribution in [0.2, 0.25) is 0 Å². The van der Waals surface area contributed by atoms with Crippen LogP contribution in [0.4, 0.5) is 0 Å². The number of benzene rings is 2. The van der Waals surface area contributed by atoms with Gasteiger partial charge < -0.3 is 9.47 Å². The number of nitrogens with zero attached hydrogens (tertiary/aromatic N) is 1. The zero-order valence-electron chi connectivity index (χ0n) is 14.5. The first-order chi connectivity index (χ1) is 12.0. The summed E-state index contributed by atoms with van der Waals surface area (Å²) < 4.78 is 38.2. The van der Waals surface area contributed by atoms with E-state index in [2.05, 4.69) is 0 Å². The Morgan fingerprint density at radius 2 is 1.88 bits per heavy atom. The predicted octanol–water partition coefficient (Wildman–Crippen LogP) is 2.91. The summed E-state index contributed by atoms with van der Waals surface area (Å²) >= 11 is 0. The van der Waals surface area contributed by atoms with Crippen molar-refractivity contribution >= 4 is 10.0 Å². The van der Waals surface area contributed by atoms with E-state index in [1.165, 1.54) is 4.31 Å². The normalized spacial score (nSPS) is 18.9. The summed E-state index contributed by atoms with van der Waals surface area (Å²) in [5, 5.41) is 0. The van der Waals surface area contributed by atoms with Crippen molar-refractivity contribution in [2.24, 2.45) is 0 Å². The molecule has 6 heteroatoms. The highest BCUT2D eigenvalue weighted by Crippen LogP contribution is 2.26. The first-order valence-electron chi connectivity index (χ1n) is 8.27. The van der Waals surface area contributed by atoms with Crippen molar-refractivity contribution in [1.29, 1.82) is 0 Å². The summed E-state index contributed by atoms with van der Waals surface area (Å²) in [6.07, 6.45) is -0.258. The lowest BCUT2D eigenvalue weighted by Gasteiger charge is -2.32. The van der Waals surface area contributed by atoms with Crippen molar-refractivity contribution in [1.82, 2.24) is 4.31 Å². The summed E-state index contributed by atoms with van der Waals surface area (Å²) in [7, 11) is -1.77. The molecule has 1 atom stereocenters. The number of hydrogen-bond acceptors (Lipinski definition) is 4.